The van der Waals surface area contributed by atoms with Gasteiger partial charge in [-0.25, -0.2) is 0 Å². The monoisotopic (exact) mass is 151 g/mol. The maximum Gasteiger partial charge on any atom is 0.250 e. The Bertz CT molecular complexity index is 312. The van der Waals surface area contributed by atoms with Crippen molar-refractivity contribution in [1.29, 1.82) is 0 Å². The second-order valence-electron chi connectivity index (χ2n) is 2.76. The topological polar surface area (TPSA) is 22.0 Å². The first kappa shape index (κ1) is 8.05. The van der Waals surface area contributed by atoms with Crippen LogP contribution in [0.3, 0.4) is 0 Å². The largest absolute Gasteiger partial charge is 0.313 e. The summed E-state index contributed by atoms with van der Waals surface area (Å²) in [5.41, 5.74) is 2.18. The van der Waals surface area contributed by atoms with E-state index in [0.717, 1.165) is 17.8 Å². The predicted molar refractivity (Wildman–Crippen MR) is 45.9 cm³/mol. The van der Waals surface area contributed by atoms with Gasteiger partial charge in [-0.2, -0.15) is 0 Å². The molecule has 2 heteroatoms. The van der Waals surface area contributed by atoms with Crippen molar-refractivity contribution >= 4 is 0 Å². The lowest BCUT2D eigenvalue weighted by atomic mass is 10.2. The SMILES string of the molecule is CCn1c(C)cc(C)cc1=O. The molecule has 0 radical (unpaired) electrons. The molecule has 1 rings (SSSR count). The van der Waals surface area contributed by atoms with Gasteiger partial charge in [-0.15, -0.1) is 0 Å². The molecule has 0 aromatic carbocycles. The molecule has 0 saturated heterocycles. The molecular formula is C9H13NO. The van der Waals surface area contributed by atoms with Crippen molar-refractivity contribution in [1.82, 2.24) is 4.57 Å². The van der Waals surface area contributed by atoms with Crippen molar-refractivity contribution in [3.8, 4) is 0 Å². The summed E-state index contributed by atoms with van der Waals surface area (Å²) in [6.07, 6.45) is 0. The zero-order chi connectivity index (χ0) is 8.43. The zero-order valence-corrected chi connectivity index (χ0v) is 7.22. The molecule has 1 heterocycles. The highest BCUT2D eigenvalue weighted by atomic mass is 16.1. The second-order valence-corrected chi connectivity index (χ2v) is 2.76. The van der Waals surface area contributed by atoms with E-state index >= 15 is 0 Å². The summed E-state index contributed by atoms with van der Waals surface area (Å²) in [7, 11) is 0. The van der Waals surface area contributed by atoms with E-state index in [0.29, 0.717) is 0 Å². The minimum absolute atomic E-state index is 0.102. The summed E-state index contributed by atoms with van der Waals surface area (Å²) in [6, 6.07) is 3.68. The van der Waals surface area contributed by atoms with E-state index in [1.165, 1.54) is 0 Å². The molecule has 0 amide bonds. The molecule has 1 aromatic heterocycles. The molecule has 0 unspecified atom stereocenters. The lowest BCUT2D eigenvalue weighted by Gasteiger charge is -2.06. The Morgan fingerprint density at radius 2 is 2.00 bits per heavy atom. The summed E-state index contributed by atoms with van der Waals surface area (Å²) in [4.78, 5) is 11.3. The number of hydrogen-bond donors (Lipinski definition) is 0. The lowest BCUT2D eigenvalue weighted by molar-refractivity contribution is 0.698. The maximum absolute atomic E-state index is 11.3. The van der Waals surface area contributed by atoms with Crippen LogP contribution in [0.5, 0.6) is 0 Å². The van der Waals surface area contributed by atoms with Crippen molar-refractivity contribution < 1.29 is 0 Å². The number of pyridine rings is 1. The van der Waals surface area contributed by atoms with Gasteiger partial charge in [0, 0.05) is 18.3 Å². The van der Waals surface area contributed by atoms with Crippen LogP contribution in [0.4, 0.5) is 0 Å². The summed E-state index contributed by atoms with van der Waals surface area (Å²) in [5.74, 6) is 0. The molecule has 11 heavy (non-hydrogen) atoms. The molecule has 1 aromatic rings. The van der Waals surface area contributed by atoms with Crippen LogP contribution in [-0.2, 0) is 6.54 Å². The van der Waals surface area contributed by atoms with Crippen molar-refractivity contribution in [2.24, 2.45) is 0 Å². The van der Waals surface area contributed by atoms with Gasteiger partial charge in [0.25, 0.3) is 5.56 Å². The molecule has 60 valence electrons. The first-order valence-electron chi connectivity index (χ1n) is 3.83. The molecule has 0 fully saturated rings. The van der Waals surface area contributed by atoms with Crippen LogP contribution >= 0.6 is 0 Å². The molecule has 0 saturated carbocycles. The molecule has 0 aliphatic rings. The average molecular weight is 151 g/mol. The minimum Gasteiger partial charge on any atom is -0.313 e. The van der Waals surface area contributed by atoms with E-state index in [9.17, 15) is 4.79 Å². The molecule has 0 aliphatic heterocycles. The Hall–Kier alpha value is -1.05. The molecule has 0 N–H and O–H groups in total. The minimum atomic E-state index is 0.102. The number of aromatic nitrogens is 1. The van der Waals surface area contributed by atoms with Gasteiger partial charge in [-0.1, -0.05) is 0 Å². The summed E-state index contributed by atoms with van der Waals surface area (Å²) in [5, 5.41) is 0. The third-order valence-corrected chi connectivity index (χ3v) is 1.80. The molecule has 0 atom stereocenters. The van der Waals surface area contributed by atoms with Crippen LogP contribution in [0.2, 0.25) is 0 Å². The lowest BCUT2D eigenvalue weighted by Crippen LogP contribution is -2.20. The van der Waals surface area contributed by atoms with E-state index in [1.807, 2.05) is 26.8 Å². The summed E-state index contributed by atoms with van der Waals surface area (Å²) >= 11 is 0. The predicted octanol–water partition coefficient (Wildman–Crippen LogP) is 1.49. The first-order chi connectivity index (χ1) is 5.15. The normalized spacial score (nSPS) is 10.1. The van der Waals surface area contributed by atoms with Crippen LogP contribution in [0, 0.1) is 13.8 Å². The number of rotatable bonds is 1. The van der Waals surface area contributed by atoms with Gasteiger partial charge < -0.3 is 4.57 Å². The van der Waals surface area contributed by atoms with Crippen LogP contribution in [0.15, 0.2) is 16.9 Å². The van der Waals surface area contributed by atoms with Crippen LogP contribution < -0.4 is 5.56 Å². The van der Waals surface area contributed by atoms with E-state index in [2.05, 4.69) is 0 Å². The Balaban J connectivity index is 3.37. The Morgan fingerprint density at radius 1 is 1.36 bits per heavy atom. The third-order valence-electron chi connectivity index (χ3n) is 1.80. The van der Waals surface area contributed by atoms with Gasteiger partial charge in [0.2, 0.25) is 0 Å². The number of aryl methyl sites for hydroxylation is 2. The Morgan fingerprint density at radius 3 is 2.45 bits per heavy atom. The summed E-state index contributed by atoms with van der Waals surface area (Å²) < 4.78 is 1.76. The molecular weight excluding hydrogens is 138 g/mol. The molecule has 0 spiro atoms. The molecule has 0 bridgehead atoms. The van der Waals surface area contributed by atoms with E-state index < -0.39 is 0 Å². The van der Waals surface area contributed by atoms with Gasteiger partial charge in [0.1, 0.15) is 0 Å². The van der Waals surface area contributed by atoms with Gasteiger partial charge in [-0.05, 0) is 32.4 Å². The Kier molecular flexibility index (Phi) is 2.13. The smallest absolute Gasteiger partial charge is 0.250 e. The van der Waals surface area contributed by atoms with Gasteiger partial charge >= 0.3 is 0 Å². The van der Waals surface area contributed by atoms with Crippen molar-refractivity contribution in [2.45, 2.75) is 27.3 Å². The zero-order valence-electron chi connectivity index (χ0n) is 7.22. The fourth-order valence-electron chi connectivity index (χ4n) is 1.30. The van der Waals surface area contributed by atoms with Crippen molar-refractivity contribution in [2.75, 3.05) is 0 Å². The highest BCUT2D eigenvalue weighted by Gasteiger charge is 1.96. The van der Waals surface area contributed by atoms with Crippen LogP contribution in [-0.4, -0.2) is 4.57 Å². The fourth-order valence-corrected chi connectivity index (χ4v) is 1.30. The standard InChI is InChI=1S/C9H13NO/c1-4-10-8(3)5-7(2)6-9(10)11/h5-6H,4H2,1-3H3. The molecule has 2 nitrogen and oxygen atoms in total. The highest BCUT2D eigenvalue weighted by molar-refractivity contribution is 5.14. The van der Waals surface area contributed by atoms with Crippen molar-refractivity contribution in [3.05, 3.63) is 33.7 Å². The van der Waals surface area contributed by atoms with Crippen molar-refractivity contribution in [3.63, 3.8) is 0 Å². The maximum atomic E-state index is 11.3. The quantitative estimate of drug-likeness (QED) is 0.596. The summed E-state index contributed by atoms with van der Waals surface area (Å²) in [6.45, 7) is 6.63. The first-order valence-corrected chi connectivity index (χ1v) is 3.83. The molecule has 0 aliphatic carbocycles. The second kappa shape index (κ2) is 2.91. The van der Waals surface area contributed by atoms with Gasteiger partial charge in [0.15, 0.2) is 0 Å². The average Bonchev–Trinajstić information content (AvgIpc) is 1.85. The highest BCUT2D eigenvalue weighted by Crippen LogP contribution is 1.98. The van der Waals surface area contributed by atoms with Crippen LogP contribution in [0.25, 0.3) is 0 Å². The number of nitrogens with zero attached hydrogens (tertiary/aromatic N) is 1. The Labute approximate surface area is 66.5 Å². The van der Waals surface area contributed by atoms with E-state index in [1.54, 1.807) is 10.6 Å². The van der Waals surface area contributed by atoms with Crippen LogP contribution in [0.1, 0.15) is 18.2 Å². The van der Waals surface area contributed by atoms with E-state index in [-0.39, 0.29) is 5.56 Å². The van der Waals surface area contributed by atoms with Gasteiger partial charge in [-0.3, -0.25) is 4.79 Å². The number of hydrogen-bond acceptors (Lipinski definition) is 1. The fraction of sp³-hybridized carbons (Fsp3) is 0.444. The third kappa shape index (κ3) is 1.50. The van der Waals surface area contributed by atoms with E-state index in [4.69, 9.17) is 0 Å². The van der Waals surface area contributed by atoms with Gasteiger partial charge in [0.05, 0.1) is 0 Å².